The van der Waals surface area contributed by atoms with E-state index in [4.69, 9.17) is 4.74 Å². The fourth-order valence-corrected chi connectivity index (χ4v) is 6.46. The van der Waals surface area contributed by atoms with E-state index in [0.717, 1.165) is 44.9 Å². The summed E-state index contributed by atoms with van der Waals surface area (Å²) >= 11 is 0. The van der Waals surface area contributed by atoms with Crippen molar-refractivity contribution < 1.29 is 14.3 Å². The first-order chi connectivity index (χ1) is 11.4. The van der Waals surface area contributed by atoms with Crippen LogP contribution in [0, 0.1) is 22.7 Å². The number of nitrogens with one attached hydrogen (secondary N) is 1. The topological polar surface area (TPSA) is 55.4 Å². The van der Waals surface area contributed by atoms with Gasteiger partial charge in [-0.3, -0.25) is 9.59 Å². The molecule has 0 spiro atoms. The largest absolute Gasteiger partial charge is 0.469 e. The lowest BCUT2D eigenvalue weighted by atomic mass is 9.52. The number of ether oxygens (including phenoxy) is 1. The van der Waals surface area contributed by atoms with E-state index in [2.05, 4.69) is 19.2 Å². The fraction of sp³-hybridized carbons (Fsp3) is 0.800. The van der Waals surface area contributed by atoms with Crippen molar-refractivity contribution in [3.63, 3.8) is 0 Å². The van der Waals surface area contributed by atoms with Crippen LogP contribution in [0.4, 0.5) is 0 Å². The van der Waals surface area contributed by atoms with Gasteiger partial charge in [-0.2, -0.15) is 0 Å². The highest BCUT2D eigenvalue weighted by Crippen LogP contribution is 2.62. The molecule has 4 aliphatic rings. The van der Waals surface area contributed by atoms with E-state index in [-0.39, 0.29) is 28.6 Å². The number of amides is 1. The third-order valence-electron chi connectivity index (χ3n) is 7.91. The lowest BCUT2D eigenvalue weighted by Crippen LogP contribution is -2.57. The lowest BCUT2D eigenvalue weighted by molar-refractivity contribution is -0.149. The Bertz CT molecular complexity index is 624. The van der Waals surface area contributed by atoms with Crippen molar-refractivity contribution in [1.82, 2.24) is 5.32 Å². The van der Waals surface area contributed by atoms with Gasteiger partial charge in [0.2, 0.25) is 5.91 Å². The molecule has 5 atom stereocenters. The van der Waals surface area contributed by atoms with Gasteiger partial charge in [-0.15, -0.1) is 0 Å². The fourth-order valence-electron chi connectivity index (χ4n) is 6.46. The van der Waals surface area contributed by atoms with Gasteiger partial charge >= 0.3 is 5.97 Å². The number of methoxy groups -OCH3 is 1. The molecule has 4 heteroatoms. The van der Waals surface area contributed by atoms with E-state index in [1.54, 1.807) is 11.1 Å². The minimum atomic E-state index is -0.0311. The summed E-state index contributed by atoms with van der Waals surface area (Å²) in [6.45, 7) is 4.67. The zero-order chi connectivity index (χ0) is 17.1. The van der Waals surface area contributed by atoms with Gasteiger partial charge in [0, 0.05) is 17.9 Å². The molecule has 4 nitrogen and oxygen atoms in total. The van der Waals surface area contributed by atoms with Crippen LogP contribution in [0.3, 0.4) is 0 Å². The van der Waals surface area contributed by atoms with Crippen LogP contribution in [-0.2, 0) is 14.3 Å². The predicted molar refractivity (Wildman–Crippen MR) is 91.1 cm³/mol. The summed E-state index contributed by atoms with van der Waals surface area (Å²) in [4.78, 5) is 24.1. The summed E-state index contributed by atoms with van der Waals surface area (Å²) < 4.78 is 5.09. The van der Waals surface area contributed by atoms with Gasteiger partial charge in [0.15, 0.2) is 0 Å². The molecule has 132 valence electrons. The molecule has 1 saturated heterocycles. The number of piperidine rings is 1. The third kappa shape index (κ3) is 2.04. The van der Waals surface area contributed by atoms with Gasteiger partial charge in [0.1, 0.15) is 0 Å². The van der Waals surface area contributed by atoms with E-state index in [0.29, 0.717) is 18.4 Å². The second-order valence-corrected chi connectivity index (χ2v) is 8.79. The zero-order valence-corrected chi connectivity index (χ0v) is 15.1. The minimum Gasteiger partial charge on any atom is -0.469 e. The molecule has 0 aromatic carbocycles. The molecule has 24 heavy (non-hydrogen) atoms. The summed E-state index contributed by atoms with van der Waals surface area (Å²) in [5.41, 5.74) is 3.38. The van der Waals surface area contributed by atoms with Crippen molar-refractivity contribution in [2.45, 2.75) is 71.3 Å². The molecule has 1 amide bonds. The monoisotopic (exact) mass is 331 g/mol. The van der Waals surface area contributed by atoms with Gasteiger partial charge in [0.05, 0.1) is 13.0 Å². The van der Waals surface area contributed by atoms with Gasteiger partial charge < -0.3 is 10.1 Å². The molecule has 3 aliphatic carbocycles. The van der Waals surface area contributed by atoms with E-state index in [1.807, 2.05) is 0 Å². The first kappa shape index (κ1) is 16.2. The maximum absolute atomic E-state index is 12.3. The molecule has 1 N–H and O–H groups in total. The quantitative estimate of drug-likeness (QED) is 0.592. The van der Waals surface area contributed by atoms with Gasteiger partial charge in [0.25, 0.3) is 0 Å². The van der Waals surface area contributed by atoms with E-state index >= 15 is 0 Å². The number of hydrogen-bond acceptors (Lipinski definition) is 3. The molecule has 2 unspecified atom stereocenters. The van der Waals surface area contributed by atoms with Crippen molar-refractivity contribution >= 4 is 11.9 Å². The average Bonchev–Trinajstić information content (AvgIpc) is 2.92. The minimum absolute atomic E-state index is 0.0000378. The van der Waals surface area contributed by atoms with Gasteiger partial charge in [-0.1, -0.05) is 25.0 Å². The van der Waals surface area contributed by atoms with Crippen molar-refractivity contribution in [2.75, 3.05) is 7.11 Å². The van der Waals surface area contributed by atoms with Gasteiger partial charge in [-0.05, 0) is 56.3 Å². The third-order valence-corrected chi connectivity index (χ3v) is 7.91. The Balaban J connectivity index is 1.71. The molecule has 1 heterocycles. The Kier molecular flexibility index (Phi) is 3.59. The predicted octanol–water partition coefficient (Wildman–Crippen LogP) is 3.36. The molecule has 0 aromatic heterocycles. The van der Waals surface area contributed by atoms with Crippen LogP contribution in [0.5, 0.6) is 0 Å². The van der Waals surface area contributed by atoms with Crippen LogP contribution >= 0.6 is 0 Å². The maximum atomic E-state index is 12.3. The molecule has 3 fully saturated rings. The van der Waals surface area contributed by atoms with Crippen molar-refractivity contribution in [2.24, 2.45) is 22.7 Å². The lowest BCUT2D eigenvalue weighted by Gasteiger charge is -2.55. The van der Waals surface area contributed by atoms with Crippen LogP contribution in [0.15, 0.2) is 11.1 Å². The first-order valence-electron chi connectivity index (χ1n) is 9.50. The number of carbonyl (C=O) groups excluding carboxylic acids is 2. The summed E-state index contributed by atoms with van der Waals surface area (Å²) in [6.07, 6.45) is 8.01. The Morgan fingerprint density at radius 2 is 1.92 bits per heavy atom. The number of fused-ring (bicyclic) bond motifs is 4. The summed E-state index contributed by atoms with van der Waals surface area (Å²) in [5, 5.41) is 3.26. The SMILES string of the molecule is COC(=O)C1CCC2=C3CCC4NC(=O)CC[C@]4(C)[C@@H]3CC[C@@]21C. The molecule has 2 saturated carbocycles. The van der Waals surface area contributed by atoms with Gasteiger partial charge in [-0.25, -0.2) is 0 Å². The van der Waals surface area contributed by atoms with Crippen LogP contribution in [0.2, 0.25) is 0 Å². The normalized spacial score (nSPS) is 44.3. The van der Waals surface area contributed by atoms with E-state index < -0.39 is 0 Å². The molecule has 0 bridgehead atoms. The first-order valence-corrected chi connectivity index (χ1v) is 9.50. The van der Waals surface area contributed by atoms with E-state index in [9.17, 15) is 9.59 Å². The second-order valence-electron chi connectivity index (χ2n) is 8.79. The molecule has 4 rings (SSSR count). The van der Waals surface area contributed by atoms with E-state index in [1.165, 1.54) is 7.11 Å². The highest BCUT2D eigenvalue weighted by Gasteiger charge is 2.56. The van der Waals surface area contributed by atoms with Crippen molar-refractivity contribution in [1.29, 1.82) is 0 Å². The molecular weight excluding hydrogens is 302 g/mol. The van der Waals surface area contributed by atoms with Crippen LogP contribution < -0.4 is 5.32 Å². The Hall–Kier alpha value is -1.32. The maximum Gasteiger partial charge on any atom is 0.309 e. The van der Waals surface area contributed by atoms with Crippen molar-refractivity contribution in [3.05, 3.63) is 11.1 Å². The van der Waals surface area contributed by atoms with Crippen LogP contribution in [0.1, 0.15) is 65.2 Å². The molecular formula is C20H29NO3. The Morgan fingerprint density at radius 3 is 2.67 bits per heavy atom. The second kappa shape index (κ2) is 5.34. The standard InChI is InChI=1S/C20H29NO3/c1-19-10-8-14-12(13(19)5-6-15(19)18(23)24-3)4-7-16-20(14,2)11-9-17(22)21-16/h14-16H,4-11H2,1-3H3,(H,21,22)/t14-,15?,16?,19+,20-/m1/s1. The molecule has 0 aromatic rings. The number of carbonyl (C=O) groups is 2. The highest BCUT2D eigenvalue weighted by molar-refractivity contribution is 5.77. The Morgan fingerprint density at radius 1 is 1.12 bits per heavy atom. The van der Waals surface area contributed by atoms with Crippen LogP contribution in [-0.4, -0.2) is 25.0 Å². The number of esters is 1. The number of rotatable bonds is 1. The smallest absolute Gasteiger partial charge is 0.309 e. The van der Waals surface area contributed by atoms with Crippen LogP contribution in [0.25, 0.3) is 0 Å². The number of allylic oxidation sites excluding steroid dienone is 2. The summed E-state index contributed by atoms with van der Waals surface area (Å²) in [6, 6.07) is 0.329. The Labute approximate surface area is 144 Å². The molecule has 1 aliphatic heterocycles. The summed E-state index contributed by atoms with van der Waals surface area (Å²) in [5.74, 6) is 0.802. The number of hydrogen-bond donors (Lipinski definition) is 1. The van der Waals surface area contributed by atoms with Crippen molar-refractivity contribution in [3.8, 4) is 0 Å². The average molecular weight is 331 g/mol. The molecule has 0 radical (unpaired) electrons. The highest BCUT2D eigenvalue weighted by atomic mass is 16.5. The summed E-state index contributed by atoms with van der Waals surface area (Å²) in [7, 11) is 1.51. The zero-order valence-electron chi connectivity index (χ0n) is 15.1.